The van der Waals surface area contributed by atoms with Crippen LogP contribution in [0.4, 0.5) is 0 Å². The minimum Gasteiger partial charge on any atom is -0.0949 e. The SMILES string of the molecule is C=C(CC1=CCC=C1C1=Cc2ccccc2C1)c1ccccc1CCC. The van der Waals surface area contributed by atoms with Gasteiger partial charge in [0.25, 0.3) is 0 Å². The van der Waals surface area contributed by atoms with Gasteiger partial charge in [-0.25, -0.2) is 0 Å². The predicted octanol–water partition coefficient (Wildman–Crippen LogP) is 6.94. The largest absolute Gasteiger partial charge is 0.0949 e. The predicted molar refractivity (Wildman–Crippen MR) is 113 cm³/mol. The lowest BCUT2D eigenvalue weighted by atomic mass is 9.89. The Balaban J connectivity index is 1.53. The van der Waals surface area contributed by atoms with Gasteiger partial charge < -0.3 is 0 Å². The van der Waals surface area contributed by atoms with Crippen LogP contribution in [0.5, 0.6) is 0 Å². The second-order valence-corrected chi connectivity index (χ2v) is 7.32. The number of allylic oxidation sites excluding steroid dienone is 6. The highest BCUT2D eigenvalue weighted by Crippen LogP contribution is 2.38. The molecule has 0 saturated carbocycles. The zero-order valence-corrected chi connectivity index (χ0v) is 15.6. The Labute approximate surface area is 157 Å². The standard InChI is InChI=1S/C26H26/c1-3-9-20-10-6-7-14-25(20)19(2)16-23-13-8-15-26(23)24-17-21-11-4-5-12-22(21)18-24/h4-7,10-15,17H,2-3,8-9,16,18H2,1H3. The average molecular weight is 338 g/mol. The van der Waals surface area contributed by atoms with E-state index in [-0.39, 0.29) is 0 Å². The van der Waals surface area contributed by atoms with E-state index in [0.717, 1.165) is 25.7 Å². The number of aryl methyl sites for hydroxylation is 1. The maximum absolute atomic E-state index is 4.44. The lowest BCUT2D eigenvalue weighted by Crippen LogP contribution is -1.97. The van der Waals surface area contributed by atoms with Crippen LogP contribution in [0.3, 0.4) is 0 Å². The first-order valence-corrected chi connectivity index (χ1v) is 9.70. The molecule has 2 aliphatic rings. The van der Waals surface area contributed by atoms with E-state index in [1.807, 2.05) is 0 Å². The Bertz CT molecular complexity index is 934. The zero-order valence-electron chi connectivity index (χ0n) is 15.6. The van der Waals surface area contributed by atoms with Crippen molar-refractivity contribution < 1.29 is 0 Å². The first-order chi connectivity index (χ1) is 12.8. The molecule has 2 aromatic carbocycles. The van der Waals surface area contributed by atoms with Gasteiger partial charge in [0.15, 0.2) is 0 Å². The van der Waals surface area contributed by atoms with E-state index in [2.05, 4.69) is 80.3 Å². The smallest absolute Gasteiger partial charge is 0.00137 e. The molecule has 0 N–H and O–H groups in total. The van der Waals surface area contributed by atoms with Crippen LogP contribution in [0, 0.1) is 0 Å². The Hall–Kier alpha value is -2.60. The van der Waals surface area contributed by atoms with Gasteiger partial charge in [-0.2, -0.15) is 0 Å². The minimum absolute atomic E-state index is 0.945. The molecule has 0 unspecified atom stereocenters. The molecule has 2 aromatic rings. The molecule has 0 spiro atoms. The van der Waals surface area contributed by atoms with Gasteiger partial charge in [0.2, 0.25) is 0 Å². The van der Waals surface area contributed by atoms with E-state index < -0.39 is 0 Å². The Morgan fingerprint density at radius 1 is 1.00 bits per heavy atom. The van der Waals surface area contributed by atoms with Crippen molar-refractivity contribution in [1.29, 1.82) is 0 Å². The highest BCUT2D eigenvalue weighted by molar-refractivity contribution is 5.75. The Kier molecular flexibility index (Phi) is 4.75. The Morgan fingerprint density at radius 3 is 2.65 bits per heavy atom. The second-order valence-electron chi connectivity index (χ2n) is 7.32. The van der Waals surface area contributed by atoms with Crippen molar-refractivity contribution in [1.82, 2.24) is 0 Å². The third kappa shape index (κ3) is 3.24. The lowest BCUT2D eigenvalue weighted by molar-refractivity contribution is 0.917. The lowest BCUT2D eigenvalue weighted by Gasteiger charge is -2.15. The van der Waals surface area contributed by atoms with Crippen LogP contribution in [0.2, 0.25) is 0 Å². The minimum atomic E-state index is 0.945. The van der Waals surface area contributed by atoms with E-state index in [9.17, 15) is 0 Å². The fraction of sp³-hybridized carbons (Fsp3) is 0.231. The van der Waals surface area contributed by atoms with Crippen molar-refractivity contribution in [3.63, 3.8) is 0 Å². The molecule has 0 atom stereocenters. The highest BCUT2D eigenvalue weighted by Gasteiger charge is 2.20. The average Bonchev–Trinajstić information content (AvgIpc) is 3.28. The molecule has 0 radical (unpaired) electrons. The normalized spacial score (nSPS) is 15.3. The van der Waals surface area contributed by atoms with Gasteiger partial charge in [-0.05, 0) is 70.2 Å². The van der Waals surface area contributed by atoms with E-state index in [1.54, 1.807) is 0 Å². The maximum Gasteiger partial charge on any atom is -0.00137 e. The van der Waals surface area contributed by atoms with E-state index in [0.29, 0.717) is 0 Å². The molecule has 2 aliphatic carbocycles. The molecule has 0 heteroatoms. The number of hydrogen-bond acceptors (Lipinski definition) is 0. The van der Waals surface area contributed by atoms with Gasteiger partial charge in [0.1, 0.15) is 0 Å². The maximum atomic E-state index is 4.44. The summed E-state index contributed by atoms with van der Waals surface area (Å²) < 4.78 is 0. The fourth-order valence-electron chi connectivity index (χ4n) is 4.20. The summed E-state index contributed by atoms with van der Waals surface area (Å²) in [6.45, 7) is 6.68. The van der Waals surface area contributed by atoms with Crippen LogP contribution in [-0.4, -0.2) is 0 Å². The molecule has 0 aliphatic heterocycles. The first-order valence-electron chi connectivity index (χ1n) is 9.70. The molecule has 0 saturated heterocycles. The molecule has 0 heterocycles. The van der Waals surface area contributed by atoms with Crippen LogP contribution in [0.25, 0.3) is 11.6 Å². The molecule has 0 amide bonds. The van der Waals surface area contributed by atoms with Gasteiger partial charge in [-0.3, -0.25) is 0 Å². The molecule has 130 valence electrons. The second kappa shape index (κ2) is 7.33. The topological polar surface area (TPSA) is 0 Å². The van der Waals surface area contributed by atoms with Gasteiger partial charge in [0.05, 0.1) is 0 Å². The van der Waals surface area contributed by atoms with Gasteiger partial charge in [-0.1, -0.05) is 86.7 Å². The third-order valence-electron chi connectivity index (χ3n) is 5.47. The third-order valence-corrected chi connectivity index (χ3v) is 5.47. The summed E-state index contributed by atoms with van der Waals surface area (Å²) in [5.74, 6) is 0. The van der Waals surface area contributed by atoms with E-state index in [1.165, 1.54) is 51.0 Å². The number of rotatable bonds is 6. The summed E-state index contributed by atoms with van der Waals surface area (Å²) >= 11 is 0. The summed E-state index contributed by atoms with van der Waals surface area (Å²) in [7, 11) is 0. The molecule has 4 rings (SSSR count). The van der Waals surface area contributed by atoms with Crippen LogP contribution in [-0.2, 0) is 12.8 Å². The molecule has 0 bridgehead atoms. The fourth-order valence-corrected chi connectivity index (χ4v) is 4.20. The van der Waals surface area contributed by atoms with Gasteiger partial charge in [-0.15, -0.1) is 0 Å². The summed E-state index contributed by atoms with van der Waals surface area (Å²) in [5, 5.41) is 0. The number of benzene rings is 2. The zero-order chi connectivity index (χ0) is 17.9. The van der Waals surface area contributed by atoms with E-state index >= 15 is 0 Å². The van der Waals surface area contributed by atoms with Crippen molar-refractivity contribution in [3.8, 4) is 0 Å². The van der Waals surface area contributed by atoms with Crippen LogP contribution in [0.15, 0.2) is 84.0 Å². The Morgan fingerprint density at radius 2 is 1.81 bits per heavy atom. The molecular formula is C26H26. The number of fused-ring (bicyclic) bond motifs is 1. The summed E-state index contributed by atoms with van der Waals surface area (Å²) in [6, 6.07) is 17.5. The molecule has 26 heavy (non-hydrogen) atoms. The molecule has 0 nitrogen and oxygen atoms in total. The molecular weight excluding hydrogens is 312 g/mol. The van der Waals surface area contributed by atoms with Crippen LogP contribution < -0.4 is 0 Å². The van der Waals surface area contributed by atoms with Crippen LogP contribution >= 0.6 is 0 Å². The summed E-state index contributed by atoms with van der Waals surface area (Å²) in [5.41, 5.74) is 11.2. The monoisotopic (exact) mass is 338 g/mol. The van der Waals surface area contributed by atoms with Crippen molar-refractivity contribution in [2.24, 2.45) is 0 Å². The van der Waals surface area contributed by atoms with Gasteiger partial charge >= 0.3 is 0 Å². The highest BCUT2D eigenvalue weighted by atomic mass is 14.2. The first kappa shape index (κ1) is 16.8. The summed E-state index contributed by atoms with van der Waals surface area (Å²) in [4.78, 5) is 0. The summed E-state index contributed by atoms with van der Waals surface area (Å²) in [6.07, 6.45) is 12.5. The van der Waals surface area contributed by atoms with Crippen molar-refractivity contribution in [3.05, 3.63) is 106 Å². The quantitative estimate of drug-likeness (QED) is 0.535. The van der Waals surface area contributed by atoms with Crippen molar-refractivity contribution >= 4 is 11.6 Å². The number of hydrogen-bond donors (Lipinski definition) is 0. The van der Waals surface area contributed by atoms with Crippen molar-refractivity contribution in [2.45, 2.75) is 39.0 Å². The van der Waals surface area contributed by atoms with E-state index in [4.69, 9.17) is 0 Å². The molecule has 0 fully saturated rings. The van der Waals surface area contributed by atoms with Crippen LogP contribution in [0.1, 0.15) is 48.4 Å². The van der Waals surface area contributed by atoms with Crippen molar-refractivity contribution in [2.75, 3.05) is 0 Å². The molecule has 0 aromatic heterocycles. The van der Waals surface area contributed by atoms with Gasteiger partial charge in [0, 0.05) is 0 Å².